The van der Waals surface area contributed by atoms with Gasteiger partial charge in [-0.15, -0.1) is 0 Å². The van der Waals surface area contributed by atoms with Crippen LogP contribution in [0.5, 0.6) is 5.75 Å². The summed E-state index contributed by atoms with van der Waals surface area (Å²) in [5, 5.41) is 3.98. The molecule has 3 aromatic rings. The normalized spacial score (nSPS) is 13.0. The second kappa shape index (κ2) is 15.9. The molecule has 0 radical (unpaired) electrons. The lowest BCUT2D eigenvalue weighted by atomic mass is 9.77. The van der Waals surface area contributed by atoms with Crippen molar-refractivity contribution >= 4 is 0 Å². The number of rotatable bonds is 17. The molecule has 40 heavy (non-hydrogen) atoms. The van der Waals surface area contributed by atoms with Crippen molar-refractivity contribution in [3.05, 3.63) is 102 Å². The van der Waals surface area contributed by atoms with Gasteiger partial charge in [-0.3, -0.25) is 10.2 Å². The Morgan fingerprint density at radius 1 is 0.675 bits per heavy atom. The van der Waals surface area contributed by atoms with Gasteiger partial charge < -0.3 is 14.2 Å². The second-order valence-corrected chi connectivity index (χ2v) is 11.2. The molecule has 3 aromatic carbocycles. The van der Waals surface area contributed by atoms with E-state index in [1.807, 2.05) is 12.1 Å². The Bertz CT molecular complexity index is 1040. The molecular formula is C35H50N2O3. The summed E-state index contributed by atoms with van der Waals surface area (Å²) in [5.74, 6) is 0.854. The monoisotopic (exact) mass is 546 g/mol. The highest BCUT2D eigenvalue weighted by Gasteiger charge is 2.35. The molecule has 1 N–H and O–H groups in total. The quantitative estimate of drug-likeness (QED) is 0.107. The van der Waals surface area contributed by atoms with E-state index in [2.05, 4.69) is 125 Å². The van der Waals surface area contributed by atoms with Crippen LogP contribution in [0.3, 0.4) is 0 Å². The van der Waals surface area contributed by atoms with E-state index in [1.165, 1.54) is 16.7 Å². The number of hydrogen-bond donors (Lipinski definition) is 1. The summed E-state index contributed by atoms with van der Waals surface area (Å²) in [6.45, 7) is 14.5. The van der Waals surface area contributed by atoms with Gasteiger partial charge in [-0.2, -0.15) is 0 Å². The number of nitrogens with one attached hydrogen (secondary N) is 1. The van der Waals surface area contributed by atoms with Crippen molar-refractivity contribution in [2.75, 3.05) is 20.3 Å². The van der Waals surface area contributed by atoms with Crippen molar-refractivity contribution < 1.29 is 14.2 Å². The lowest BCUT2D eigenvalue weighted by molar-refractivity contribution is -0.255. The predicted octanol–water partition coefficient (Wildman–Crippen LogP) is 7.59. The molecular weight excluding hydrogens is 496 g/mol. The molecule has 0 aliphatic heterocycles. The van der Waals surface area contributed by atoms with Gasteiger partial charge in [0.2, 0.25) is 6.41 Å². The van der Waals surface area contributed by atoms with Crippen molar-refractivity contribution in [1.29, 1.82) is 0 Å². The molecule has 1 unspecified atom stereocenters. The first-order valence-corrected chi connectivity index (χ1v) is 14.8. The molecule has 0 bridgehead atoms. The molecule has 0 saturated heterocycles. The van der Waals surface area contributed by atoms with Crippen molar-refractivity contribution in [1.82, 2.24) is 10.2 Å². The van der Waals surface area contributed by atoms with Crippen LogP contribution in [0, 0.1) is 0 Å². The Kier molecular flexibility index (Phi) is 12.7. The van der Waals surface area contributed by atoms with E-state index < -0.39 is 5.54 Å². The van der Waals surface area contributed by atoms with Gasteiger partial charge in [0.1, 0.15) is 5.75 Å². The molecule has 5 heteroatoms. The van der Waals surface area contributed by atoms with Crippen LogP contribution in [0.15, 0.2) is 84.9 Å². The van der Waals surface area contributed by atoms with Gasteiger partial charge in [-0.05, 0) is 96.2 Å². The van der Waals surface area contributed by atoms with Gasteiger partial charge in [0.15, 0.2) is 0 Å². The Balaban J connectivity index is 1.71. The minimum atomic E-state index is -0.476. The van der Waals surface area contributed by atoms with Crippen LogP contribution < -0.4 is 10.1 Å². The SMILES string of the molecule is COc1ccc(C(NCCCCCOC(OC(C)C)N(C(C)C)C(C)C)(c2ccccc2)c2ccccc2)cc1. The van der Waals surface area contributed by atoms with Crippen molar-refractivity contribution in [3.8, 4) is 5.75 Å². The van der Waals surface area contributed by atoms with E-state index in [0.717, 1.165) is 31.6 Å². The van der Waals surface area contributed by atoms with Gasteiger partial charge in [-0.1, -0.05) is 72.8 Å². The van der Waals surface area contributed by atoms with Crippen LogP contribution in [-0.4, -0.2) is 49.8 Å². The predicted molar refractivity (Wildman–Crippen MR) is 166 cm³/mol. The molecule has 0 heterocycles. The van der Waals surface area contributed by atoms with Crippen LogP contribution in [0.1, 0.15) is 77.5 Å². The molecule has 0 saturated carbocycles. The Morgan fingerprint density at radius 3 is 1.68 bits per heavy atom. The van der Waals surface area contributed by atoms with E-state index in [4.69, 9.17) is 14.2 Å². The Labute approximate surface area is 242 Å². The number of ether oxygens (including phenoxy) is 3. The fourth-order valence-corrected chi connectivity index (χ4v) is 5.40. The smallest absolute Gasteiger partial charge is 0.219 e. The highest BCUT2D eigenvalue weighted by atomic mass is 16.7. The van der Waals surface area contributed by atoms with Gasteiger partial charge in [0.05, 0.1) is 25.4 Å². The molecule has 0 spiro atoms. The minimum Gasteiger partial charge on any atom is -0.497 e. The maximum absolute atomic E-state index is 6.29. The van der Waals surface area contributed by atoms with Crippen molar-refractivity contribution in [2.45, 2.75) is 90.9 Å². The van der Waals surface area contributed by atoms with E-state index in [1.54, 1.807) is 7.11 Å². The molecule has 3 rings (SSSR count). The van der Waals surface area contributed by atoms with E-state index >= 15 is 0 Å². The van der Waals surface area contributed by atoms with Gasteiger partial charge in [0, 0.05) is 12.1 Å². The molecule has 0 aromatic heterocycles. The lowest BCUT2D eigenvalue weighted by Crippen LogP contribution is -2.48. The average Bonchev–Trinajstić information content (AvgIpc) is 2.95. The zero-order valence-electron chi connectivity index (χ0n) is 25.6. The summed E-state index contributed by atoms with van der Waals surface area (Å²) in [4.78, 5) is 2.30. The van der Waals surface area contributed by atoms with Crippen molar-refractivity contribution in [2.24, 2.45) is 0 Å². The molecule has 0 amide bonds. The van der Waals surface area contributed by atoms with E-state index in [0.29, 0.717) is 18.7 Å². The summed E-state index contributed by atoms with van der Waals surface area (Å²) in [6.07, 6.45) is 2.87. The summed E-state index contributed by atoms with van der Waals surface area (Å²) >= 11 is 0. The highest BCUT2D eigenvalue weighted by Crippen LogP contribution is 2.37. The first kappa shape index (κ1) is 31.8. The van der Waals surface area contributed by atoms with Crippen LogP contribution in [0.4, 0.5) is 0 Å². The standard InChI is InChI=1S/C35H50N2O3/c1-27(2)37(28(3)4)34(40-29(5)6)39-26-16-10-15-25-36-35(30-17-11-8-12-18-30,31-19-13-9-14-20-31)32-21-23-33(38-7)24-22-32/h8-9,11-14,17-24,27-29,34,36H,10,15-16,25-26H2,1-7H3. The van der Waals surface area contributed by atoms with Gasteiger partial charge >= 0.3 is 0 Å². The first-order chi connectivity index (χ1) is 19.3. The zero-order chi connectivity index (χ0) is 29.0. The fraction of sp³-hybridized carbons (Fsp3) is 0.486. The molecule has 1 atom stereocenters. The minimum absolute atomic E-state index is 0.108. The first-order valence-electron chi connectivity index (χ1n) is 14.8. The van der Waals surface area contributed by atoms with Crippen molar-refractivity contribution in [3.63, 3.8) is 0 Å². The fourth-order valence-electron chi connectivity index (χ4n) is 5.40. The topological polar surface area (TPSA) is 43.0 Å². The third-order valence-electron chi connectivity index (χ3n) is 7.23. The second-order valence-electron chi connectivity index (χ2n) is 11.2. The number of methoxy groups -OCH3 is 1. The Hall–Kier alpha value is -2.70. The number of unbranched alkanes of at least 4 members (excludes halogenated alkanes) is 2. The molecule has 218 valence electrons. The summed E-state index contributed by atoms with van der Waals surface area (Å²) in [7, 11) is 1.71. The summed E-state index contributed by atoms with van der Waals surface area (Å²) < 4.78 is 17.9. The average molecular weight is 547 g/mol. The highest BCUT2D eigenvalue weighted by molar-refractivity contribution is 5.50. The van der Waals surface area contributed by atoms with Gasteiger partial charge in [-0.25, -0.2) is 0 Å². The molecule has 0 fully saturated rings. The number of benzene rings is 3. The largest absolute Gasteiger partial charge is 0.497 e. The molecule has 5 nitrogen and oxygen atoms in total. The summed E-state index contributed by atoms with van der Waals surface area (Å²) in [6, 6.07) is 30.6. The molecule has 0 aliphatic carbocycles. The maximum Gasteiger partial charge on any atom is 0.219 e. The van der Waals surface area contributed by atoms with Gasteiger partial charge in [0.25, 0.3) is 0 Å². The van der Waals surface area contributed by atoms with Crippen LogP contribution in [-0.2, 0) is 15.0 Å². The zero-order valence-corrected chi connectivity index (χ0v) is 25.6. The van der Waals surface area contributed by atoms with Crippen LogP contribution >= 0.6 is 0 Å². The molecule has 0 aliphatic rings. The van der Waals surface area contributed by atoms with Crippen LogP contribution in [0.25, 0.3) is 0 Å². The summed E-state index contributed by atoms with van der Waals surface area (Å²) in [5.41, 5.74) is 3.14. The third kappa shape index (κ3) is 8.40. The van der Waals surface area contributed by atoms with E-state index in [9.17, 15) is 0 Å². The Morgan fingerprint density at radius 2 is 1.20 bits per heavy atom. The lowest BCUT2D eigenvalue weighted by Gasteiger charge is -2.38. The maximum atomic E-state index is 6.29. The third-order valence-corrected chi connectivity index (χ3v) is 7.23. The van der Waals surface area contributed by atoms with Crippen LogP contribution in [0.2, 0.25) is 0 Å². The van der Waals surface area contributed by atoms with E-state index in [-0.39, 0.29) is 12.5 Å². The number of nitrogens with zero attached hydrogens (tertiary/aromatic N) is 1. The number of hydrogen-bond acceptors (Lipinski definition) is 5.